The van der Waals surface area contributed by atoms with Crippen molar-refractivity contribution in [3.63, 3.8) is 0 Å². The first-order valence-corrected chi connectivity index (χ1v) is 8.52. The second-order valence-electron chi connectivity index (χ2n) is 5.02. The van der Waals surface area contributed by atoms with E-state index in [9.17, 15) is 19.9 Å². The normalized spacial score (nSPS) is 34.1. The van der Waals surface area contributed by atoms with Gasteiger partial charge in [-0.2, -0.15) is 0 Å². The molecule has 0 bridgehead atoms. The van der Waals surface area contributed by atoms with Crippen LogP contribution in [-0.4, -0.2) is 80.3 Å². The second-order valence-corrected chi connectivity index (χ2v) is 6.79. The molecule has 1 fully saturated rings. The van der Waals surface area contributed by atoms with Gasteiger partial charge in [-0.25, -0.2) is 0 Å². The Morgan fingerprint density at radius 3 is 2.24 bits per heavy atom. The van der Waals surface area contributed by atoms with Gasteiger partial charge in [-0.3, -0.25) is 4.57 Å². The quantitative estimate of drug-likeness (QED) is 0.222. The summed E-state index contributed by atoms with van der Waals surface area (Å²) >= 11 is 0. The van der Waals surface area contributed by atoms with Crippen LogP contribution in [0.2, 0.25) is 0 Å². The zero-order valence-electron chi connectivity index (χ0n) is 11.5. The van der Waals surface area contributed by atoms with Crippen molar-refractivity contribution in [1.29, 1.82) is 0 Å². The van der Waals surface area contributed by atoms with Crippen molar-refractivity contribution in [3.05, 3.63) is 0 Å². The molecule has 0 spiro atoms. The molecule has 0 radical (unpaired) electrons. The third-order valence-corrected chi connectivity index (χ3v) is 4.12. The van der Waals surface area contributed by atoms with Crippen molar-refractivity contribution in [3.8, 4) is 0 Å². The van der Waals surface area contributed by atoms with Crippen LogP contribution in [0.25, 0.3) is 0 Å². The predicted molar refractivity (Wildman–Crippen MR) is 70.5 cm³/mol. The van der Waals surface area contributed by atoms with Crippen molar-refractivity contribution in [1.82, 2.24) is 0 Å². The number of ether oxygens (including phenoxy) is 2. The number of unbranched alkanes of at least 4 members (excludes halogenated alkanes) is 2. The third-order valence-electron chi connectivity index (χ3n) is 3.22. The van der Waals surface area contributed by atoms with Gasteiger partial charge in [0.15, 0.2) is 6.29 Å². The highest BCUT2D eigenvalue weighted by molar-refractivity contribution is 7.51. The van der Waals surface area contributed by atoms with Gasteiger partial charge in [0, 0.05) is 12.8 Å². The SMILES string of the molecule is O=P(O)(O)CCCCCOC1OC(CO)C(O)C(O)C1O. The maximum atomic E-state index is 10.6. The topological polar surface area (TPSA) is 157 Å². The summed E-state index contributed by atoms with van der Waals surface area (Å²) in [5.41, 5.74) is 0. The zero-order valence-corrected chi connectivity index (χ0v) is 12.4. The van der Waals surface area contributed by atoms with Gasteiger partial charge < -0.3 is 39.7 Å². The van der Waals surface area contributed by atoms with Crippen LogP contribution in [0.15, 0.2) is 0 Å². The summed E-state index contributed by atoms with van der Waals surface area (Å²) < 4.78 is 21.0. The summed E-state index contributed by atoms with van der Waals surface area (Å²) in [6.07, 6.45) is -5.32. The second kappa shape index (κ2) is 8.52. The molecule has 9 nitrogen and oxygen atoms in total. The van der Waals surface area contributed by atoms with E-state index in [1.54, 1.807) is 0 Å². The average molecular weight is 330 g/mol. The van der Waals surface area contributed by atoms with Crippen molar-refractivity contribution in [2.45, 2.75) is 50.0 Å². The molecule has 21 heavy (non-hydrogen) atoms. The Bertz CT molecular complexity index is 345. The lowest BCUT2D eigenvalue weighted by Crippen LogP contribution is -2.59. The van der Waals surface area contributed by atoms with E-state index in [4.69, 9.17) is 24.4 Å². The highest BCUT2D eigenvalue weighted by Gasteiger charge is 2.43. The molecule has 0 amide bonds. The molecule has 6 N–H and O–H groups in total. The lowest BCUT2D eigenvalue weighted by Gasteiger charge is -2.39. The minimum absolute atomic E-state index is 0.157. The van der Waals surface area contributed by atoms with E-state index in [1.807, 2.05) is 0 Å². The van der Waals surface area contributed by atoms with E-state index in [-0.39, 0.29) is 12.8 Å². The summed E-state index contributed by atoms with van der Waals surface area (Å²) in [5, 5.41) is 37.8. The summed E-state index contributed by atoms with van der Waals surface area (Å²) in [7, 11) is -3.97. The van der Waals surface area contributed by atoms with Crippen LogP contribution < -0.4 is 0 Å². The van der Waals surface area contributed by atoms with Crippen LogP contribution in [0.1, 0.15) is 19.3 Å². The first-order chi connectivity index (χ1) is 9.76. The molecule has 1 aliphatic rings. The maximum absolute atomic E-state index is 10.6. The lowest BCUT2D eigenvalue weighted by atomic mass is 9.99. The highest BCUT2D eigenvalue weighted by Crippen LogP contribution is 2.35. The molecule has 0 saturated carbocycles. The number of hydrogen-bond acceptors (Lipinski definition) is 7. The van der Waals surface area contributed by atoms with Gasteiger partial charge in [-0.15, -0.1) is 0 Å². The van der Waals surface area contributed by atoms with Crippen LogP contribution in [0.5, 0.6) is 0 Å². The Balaban J connectivity index is 2.26. The fourth-order valence-corrected chi connectivity index (χ4v) is 2.64. The van der Waals surface area contributed by atoms with Crippen LogP contribution in [-0.2, 0) is 14.0 Å². The smallest absolute Gasteiger partial charge is 0.325 e. The Kier molecular flexibility index (Phi) is 7.69. The summed E-state index contributed by atoms with van der Waals surface area (Å²) in [5.74, 6) is 0. The van der Waals surface area contributed by atoms with E-state index in [0.29, 0.717) is 19.3 Å². The number of aliphatic hydroxyl groups excluding tert-OH is 4. The molecular formula is C11H23O9P. The van der Waals surface area contributed by atoms with Gasteiger partial charge in [0.05, 0.1) is 6.61 Å². The van der Waals surface area contributed by atoms with Crippen molar-refractivity contribution in [2.24, 2.45) is 0 Å². The molecule has 5 unspecified atom stereocenters. The Hall–Kier alpha value is -0.0900. The summed E-state index contributed by atoms with van der Waals surface area (Å²) in [6.45, 7) is -0.364. The monoisotopic (exact) mass is 330 g/mol. The van der Waals surface area contributed by atoms with Gasteiger partial charge in [-0.1, -0.05) is 6.42 Å². The van der Waals surface area contributed by atoms with Crippen LogP contribution >= 0.6 is 7.60 Å². The van der Waals surface area contributed by atoms with Crippen LogP contribution in [0, 0.1) is 0 Å². The van der Waals surface area contributed by atoms with Crippen LogP contribution in [0.4, 0.5) is 0 Å². The average Bonchev–Trinajstić information content (AvgIpc) is 2.41. The predicted octanol–water partition coefficient (Wildman–Crippen LogP) is -1.85. The maximum Gasteiger partial charge on any atom is 0.325 e. The van der Waals surface area contributed by atoms with Gasteiger partial charge in [-0.05, 0) is 12.8 Å². The lowest BCUT2D eigenvalue weighted by molar-refractivity contribution is -0.301. The summed E-state index contributed by atoms with van der Waals surface area (Å²) in [6, 6.07) is 0. The first-order valence-electron chi connectivity index (χ1n) is 6.73. The summed E-state index contributed by atoms with van der Waals surface area (Å²) in [4.78, 5) is 17.3. The van der Waals surface area contributed by atoms with Crippen molar-refractivity contribution in [2.75, 3.05) is 19.4 Å². The Morgan fingerprint density at radius 2 is 1.67 bits per heavy atom. The molecule has 10 heteroatoms. The molecule has 1 heterocycles. The van der Waals surface area contributed by atoms with Crippen molar-refractivity contribution >= 4 is 7.60 Å². The van der Waals surface area contributed by atoms with E-state index in [2.05, 4.69) is 0 Å². The largest absolute Gasteiger partial charge is 0.394 e. The minimum Gasteiger partial charge on any atom is -0.394 e. The molecule has 1 aliphatic heterocycles. The number of aliphatic hydroxyl groups is 4. The fourth-order valence-electron chi connectivity index (χ4n) is 2.00. The molecule has 1 saturated heterocycles. The molecule has 1 rings (SSSR count). The molecule has 0 aromatic rings. The van der Waals surface area contributed by atoms with E-state index >= 15 is 0 Å². The highest BCUT2D eigenvalue weighted by atomic mass is 31.2. The number of hydrogen-bond donors (Lipinski definition) is 6. The third kappa shape index (κ3) is 6.27. The number of rotatable bonds is 8. The molecule has 0 aromatic heterocycles. The Morgan fingerprint density at radius 1 is 1.00 bits per heavy atom. The van der Waals surface area contributed by atoms with Gasteiger partial charge in [0.25, 0.3) is 0 Å². The zero-order chi connectivity index (χ0) is 16.0. The first kappa shape index (κ1) is 19.0. The minimum atomic E-state index is -3.97. The van der Waals surface area contributed by atoms with E-state index in [1.165, 1.54) is 0 Å². The van der Waals surface area contributed by atoms with Gasteiger partial charge in [0.1, 0.15) is 24.4 Å². The molecule has 0 aliphatic carbocycles. The molecule has 5 atom stereocenters. The fraction of sp³-hybridized carbons (Fsp3) is 1.00. The van der Waals surface area contributed by atoms with E-state index in [0.717, 1.165) is 0 Å². The van der Waals surface area contributed by atoms with E-state index < -0.39 is 44.9 Å². The Labute approximate surface area is 122 Å². The standard InChI is InChI=1S/C11H23O9P/c12-6-7-8(13)9(14)10(15)11(20-7)19-4-2-1-3-5-21(16,17)18/h7-15H,1-6H2,(H2,16,17,18). The molecule has 0 aromatic carbocycles. The molecule has 126 valence electrons. The van der Waals surface area contributed by atoms with Gasteiger partial charge in [0.2, 0.25) is 0 Å². The van der Waals surface area contributed by atoms with Gasteiger partial charge >= 0.3 is 7.60 Å². The molecular weight excluding hydrogens is 307 g/mol. The van der Waals surface area contributed by atoms with Crippen LogP contribution in [0.3, 0.4) is 0 Å². The van der Waals surface area contributed by atoms with Crippen molar-refractivity contribution < 1.29 is 44.3 Å².